The molecule has 0 spiro atoms. The minimum absolute atomic E-state index is 0.233. The van der Waals surface area contributed by atoms with Gasteiger partial charge in [-0.25, -0.2) is 4.98 Å². The summed E-state index contributed by atoms with van der Waals surface area (Å²) in [5.74, 6) is 0.923. The average molecular weight is 310 g/mol. The van der Waals surface area contributed by atoms with Crippen molar-refractivity contribution >= 4 is 32.6 Å². The fourth-order valence-corrected chi connectivity index (χ4v) is 3.32. The van der Waals surface area contributed by atoms with Crippen LogP contribution in [0.5, 0.6) is 5.75 Å². The van der Waals surface area contributed by atoms with Gasteiger partial charge in [-0.3, -0.25) is 0 Å². The van der Waals surface area contributed by atoms with Crippen LogP contribution in [0.25, 0.3) is 44.0 Å². The van der Waals surface area contributed by atoms with E-state index < -0.39 is 0 Å². The number of aromatic hydroxyl groups is 1. The number of hydrogen-bond donors (Lipinski definition) is 2. The van der Waals surface area contributed by atoms with E-state index in [9.17, 15) is 5.11 Å². The summed E-state index contributed by atoms with van der Waals surface area (Å²) < 4.78 is 0. The van der Waals surface area contributed by atoms with Gasteiger partial charge in [-0.1, -0.05) is 42.5 Å². The Bertz CT molecular complexity index is 1190. The van der Waals surface area contributed by atoms with Crippen molar-refractivity contribution in [3.05, 3.63) is 72.8 Å². The number of aromatic nitrogens is 2. The van der Waals surface area contributed by atoms with Crippen LogP contribution in [0.15, 0.2) is 72.8 Å². The van der Waals surface area contributed by atoms with Crippen molar-refractivity contribution in [1.82, 2.24) is 9.97 Å². The third-order valence-electron chi connectivity index (χ3n) is 4.49. The number of phenols is 1. The Kier molecular flexibility index (Phi) is 2.65. The number of nitrogens with one attached hydrogen (secondary N) is 1. The van der Waals surface area contributed by atoms with Gasteiger partial charge in [0, 0.05) is 0 Å². The summed E-state index contributed by atoms with van der Waals surface area (Å²) in [7, 11) is 0. The number of hydrogen-bond acceptors (Lipinski definition) is 2. The molecule has 0 atom stereocenters. The molecule has 3 nitrogen and oxygen atoms in total. The summed E-state index contributed by atoms with van der Waals surface area (Å²) in [6, 6.07) is 24.1. The molecule has 0 aliphatic carbocycles. The van der Waals surface area contributed by atoms with Crippen LogP contribution in [0.2, 0.25) is 0 Å². The molecule has 1 aromatic heterocycles. The average Bonchev–Trinajstić information content (AvgIpc) is 3.03. The van der Waals surface area contributed by atoms with Crippen molar-refractivity contribution in [3.63, 3.8) is 0 Å². The van der Waals surface area contributed by atoms with Gasteiger partial charge < -0.3 is 10.1 Å². The molecule has 0 fully saturated rings. The summed E-state index contributed by atoms with van der Waals surface area (Å²) in [6.45, 7) is 0. The first kappa shape index (κ1) is 13.1. The molecule has 24 heavy (non-hydrogen) atoms. The van der Waals surface area contributed by atoms with Crippen LogP contribution in [0.4, 0.5) is 0 Å². The lowest BCUT2D eigenvalue weighted by molar-refractivity contribution is 0.478. The SMILES string of the molecule is Oc1ccc2cc3ccccc3cc2c1-c1nc2ccccc2[nH]1. The number of para-hydroxylation sites is 2. The highest BCUT2D eigenvalue weighted by Crippen LogP contribution is 2.37. The van der Waals surface area contributed by atoms with Crippen LogP contribution < -0.4 is 0 Å². The zero-order valence-corrected chi connectivity index (χ0v) is 12.8. The lowest BCUT2D eigenvalue weighted by atomic mass is 9.98. The first-order valence-corrected chi connectivity index (χ1v) is 7.89. The van der Waals surface area contributed by atoms with E-state index in [0.717, 1.165) is 32.8 Å². The predicted octanol–water partition coefficient (Wildman–Crippen LogP) is 5.24. The van der Waals surface area contributed by atoms with Gasteiger partial charge in [0.05, 0.1) is 16.6 Å². The van der Waals surface area contributed by atoms with E-state index in [2.05, 4.69) is 34.2 Å². The molecule has 0 aliphatic rings. The molecule has 0 bridgehead atoms. The maximum Gasteiger partial charge on any atom is 0.142 e. The number of rotatable bonds is 1. The van der Waals surface area contributed by atoms with E-state index in [4.69, 9.17) is 0 Å². The molecule has 0 aliphatic heterocycles. The van der Waals surface area contributed by atoms with Gasteiger partial charge in [-0.2, -0.15) is 0 Å². The normalized spacial score (nSPS) is 11.5. The minimum atomic E-state index is 0.233. The van der Waals surface area contributed by atoms with E-state index in [1.807, 2.05) is 42.5 Å². The molecule has 3 heteroatoms. The number of fused-ring (bicyclic) bond motifs is 3. The molecule has 0 radical (unpaired) electrons. The van der Waals surface area contributed by atoms with E-state index in [1.165, 1.54) is 5.39 Å². The number of nitrogens with zero attached hydrogens (tertiary/aromatic N) is 1. The second-order valence-electron chi connectivity index (χ2n) is 5.98. The van der Waals surface area contributed by atoms with Crippen LogP contribution in [-0.2, 0) is 0 Å². The molecule has 5 aromatic rings. The number of H-pyrrole nitrogens is 1. The molecular weight excluding hydrogens is 296 g/mol. The maximum atomic E-state index is 10.5. The summed E-state index contributed by atoms with van der Waals surface area (Å²) in [5.41, 5.74) is 2.60. The van der Waals surface area contributed by atoms with E-state index in [-0.39, 0.29) is 5.75 Å². The van der Waals surface area contributed by atoms with Gasteiger partial charge in [0.15, 0.2) is 0 Å². The van der Waals surface area contributed by atoms with Crippen molar-refractivity contribution in [1.29, 1.82) is 0 Å². The maximum absolute atomic E-state index is 10.5. The first-order valence-electron chi connectivity index (χ1n) is 7.89. The molecule has 1 heterocycles. The first-order chi connectivity index (χ1) is 11.8. The number of phenolic OH excluding ortho intramolecular Hbond substituents is 1. The third kappa shape index (κ3) is 1.88. The van der Waals surface area contributed by atoms with Crippen molar-refractivity contribution < 1.29 is 5.11 Å². The highest BCUT2D eigenvalue weighted by Gasteiger charge is 2.14. The highest BCUT2D eigenvalue weighted by molar-refractivity contribution is 6.06. The van der Waals surface area contributed by atoms with Crippen molar-refractivity contribution in [3.8, 4) is 17.1 Å². The fourth-order valence-electron chi connectivity index (χ4n) is 3.32. The van der Waals surface area contributed by atoms with Crippen LogP contribution in [0.1, 0.15) is 0 Å². The monoisotopic (exact) mass is 310 g/mol. The quantitative estimate of drug-likeness (QED) is 0.416. The van der Waals surface area contributed by atoms with Gasteiger partial charge >= 0.3 is 0 Å². The molecule has 4 aromatic carbocycles. The van der Waals surface area contributed by atoms with Crippen molar-refractivity contribution in [2.45, 2.75) is 0 Å². The molecule has 5 rings (SSSR count). The minimum Gasteiger partial charge on any atom is -0.507 e. The number of benzene rings is 4. The van der Waals surface area contributed by atoms with Gasteiger partial charge in [0.25, 0.3) is 0 Å². The molecule has 0 saturated carbocycles. The van der Waals surface area contributed by atoms with E-state index >= 15 is 0 Å². The Balaban J connectivity index is 1.88. The topological polar surface area (TPSA) is 48.9 Å². The standard InChI is InChI=1S/C21H14N2O/c24-19-10-9-15-11-13-5-1-2-6-14(13)12-16(15)20(19)21-22-17-7-3-4-8-18(17)23-21/h1-12,24H,(H,22,23). The van der Waals surface area contributed by atoms with Gasteiger partial charge in [0.1, 0.15) is 11.6 Å². The van der Waals surface area contributed by atoms with Crippen molar-refractivity contribution in [2.24, 2.45) is 0 Å². The largest absolute Gasteiger partial charge is 0.507 e. The summed E-state index contributed by atoms with van der Waals surface area (Å²) >= 11 is 0. The van der Waals surface area contributed by atoms with Crippen LogP contribution in [-0.4, -0.2) is 15.1 Å². The molecule has 0 unspecified atom stereocenters. The summed E-state index contributed by atoms with van der Waals surface area (Å²) in [6.07, 6.45) is 0. The Morgan fingerprint density at radius 2 is 1.50 bits per heavy atom. The Morgan fingerprint density at radius 1 is 0.750 bits per heavy atom. The third-order valence-corrected chi connectivity index (χ3v) is 4.49. The van der Waals surface area contributed by atoms with Gasteiger partial charge in [-0.05, 0) is 51.9 Å². The molecule has 0 saturated heterocycles. The Hall–Kier alpha value is -3.33. The molecular formula is C21H14N2O. The van der Waals surface area contributed by atoms with Gasteiger partial charge in [0.2, 0.25) is 0 Å². The van der Waals surface area contributed by atoms with Gasteiger partial charge in [-0.15, -0.1) is 0 Å². The Labute approximate surface area is 138 Å². The molecule has 2 N–H and O–H groups in total. The van der Waals surface area contributed by atoms with Crippen LogP contribution in [0, 0.1) is 0 Å². The highest BCUT2D eigenvalue weighted by atomic mass is 16.3. The smallest absolute Gasteiger partial charge is 0.142 e. The lowest BCUT2D eigenvalue weighted by Crippen LogP contribution is -1.86. The van der Waals surface area contributed by atoms with E-state index in [1.54, 1.807) is 6.07 Å². The predicted molar refractivity (Wildman–Crippen MR) is 98.2 cm³/mol. The van der Waals surface area contributed by atoms with Crippen LogP contribution in [0.3, 0.4) is 0 Å². The Morgan fingerprint density at radius 3 is 2.33 bits per heavy atom. The number of aromatic amines is 1. The second-order valence-corrected chi connectivity index (χ2v) is 5.98. The van der Waals surface area contributed by atoms with Crippen molar-refractivity contribution in [2.75, 3.05) is 0 Å². The van der Waals surface area contributed by atoms with Crippen LogP contribution >= 0.6 is 0 Å². The van der Waals surface area contributed by atoms with E-state index in [0.29, 0.717) is 5.82 Å². The summed E-state index contributed by atoms with van der Waals surface area (Å²) in [5, 5.41) is 14.9. The molecule has 0 amide bonds. The summed E-state index contributed by atoms with van der Waals surface area (Å²) in [4.78, 5) is 7.98. The number of imidazole rings is 1. The fraction of sp³-hybridized carbons (Fsp3) is 0. The zero-order valence-electron chi connectivity index (χ0n) is 12.8. The lowest BCUT2D eigenvalue weighted by Gasteiger charge is -2.09. The second kappa shape index (κ2) is 4.83. The zero-order chi connectivity index (χ0) is 16.1. The molecule has 114 valence electrons.